The van der Waals surface area contributed by atoms with E-state index in [2.05, 4.69) is 17.9 Å². The van der Waals surface area contributed by atoms with E-state index in [1.165, 1.54) is 6.07 Å². The lowest BCUT2D eigenvalue weighted by molar-refractivity contribution is 0.0936. The average molecular weight is 243 g/mol. The molecule has 0 fully saturated rings. The zero-order chi connectivity index (χ0) is 12.0. The van der Waals surface area contributed by atoms with Crippen LogP contribution in [0.3, 0.4) is 0 Å². The molecule has 1 rings (SSSR count). The molecule has 0 atom stereocenters. The van der Waals surface area contributed by atoms with Gasteiger partial charge in [-0.25, -0.2) is 4.39 Å². The van der Waals surface area contributed by atoms with Crippen molar-refractivity contribution in [3.63, 3.8) is 0 Å². The van der Waals surface area contributed by atoms with Gasteiger partial charge in [0.25, 0.3) is 5.91 Å². The molecule has 5 heteroatoms. The first kappa shape index (κ1) is 13.0. The van der Waals surface area contributed by atoms with Gasteiger partial charge in [0.05, 0.1) is 6.61 Å². The van der Waals surface area contributed by atoms with Crippen molar-refractivity contribution in [1.82, 2.24) is 5.32 Å². The molecule has 1 N–H and O–H groups in total. The van der Waals surface area contributed by atoms with Gasteiger partial charge in [-0.1, -0.05) is 6.07 Å². The second-order valence-corrected chi connectivity index (χ2v) is 3.53. The van der Waals surface area contributed by atoms with E-state index in [1.54, 1.807) is 19.2 Å². The highest BCUT2D eigenvalue weighted by Crippen LogP contribution is 2.12. The van der Waals surface area contributed by atoms with Crippen molar-refractivity contribution in [3.05, 3.63) is 35.1 Å². The Morgan fingerprint density at radius 1 is 1.56 bits per heavy atom. The van der Waals surface area contributed by atoms with E-state index in [4.69, 9.17) is 4.74 Å². The molecule has 0 aliphatic rings. The number of ether oxygens (including phenoxy) is 1. The summed E-state index contributed by atoms with van der Waals surface area (Å²) in [4.78, 5) is 11.5. The van der Waals surface area contributed by atoms with E-state index in [9.17, 15) is 9.18 Å². The second-order valence-electron chi connectivity index (χ2n) is 3.21. The third-order valence-electron chi connectivity index (χ3n) is 2.08. The first-order chi connectivity index (χ1) is 7.69. The lowest BCUT2D eigenvalue weighted by atomic mass is 10.1. The van der Waals surface area contributed by atoms with E-state index in [0.717, 1.165) is 0 Å². The maximum Gasteiger partial charge on any atom is 0.251 e. The molecule has 1 amide bonds. The number of hydrogen-bond acceptors (Lipinski definition) is 3. The second kappa shape index (κ2) is 6.50. The quantitative estimate of drug-likeness (QED) is 0.609. The number of amides is 1. The summed E-state index contributed by atoms with van der Waals surface area (Å²) in [5, 5.41) is 2.61. The van der Waals surface area contributed by atoms with Gasteiger partial charge in [-0.15, -0.1) is 0 Å². The molecule has 0 aliphatic carbocycles. The third kappa shape index (κ3) is 3.50. The average Bonchev–Trinajstić information content (AvgIpc) is 2.29. The molecule has 0 bridgehead atoms. The predicted molar refractivity (Wildman–Crippen MR) is 63.3 cm³/mol. The van der Waals surface area contributed by atoms with E-state index in [0.29, 0.717) is 30.0 Å². The van der Waals surface area contributed by atoms with E-state index < -0.39 is 5.82 Å². The Hall–Kier alpha value is -1.07. The van der Waals surface area contributed by atoms with Gasteiger partial charge < -0.3 is 10.1 Å². The Bertz CT molecular complexity index is 371. The van der Waals surface area contributed by atoms with Crippen LogP contribution < -0.4 is 5.32 Å². The van der Waals surface area contributed by atoms with Gasteiger partial charge in [0, 0.05) is 25.0 Å². The molecule has 0 heterocycles. The summed E-state index contributed by atoms with van der Waals surface area (Å²) in [6.45, 7) is 0.841. The summed E-state index contributed by atoms with van der Waals surface area (Å²) in [6, 6.07) is 4.36. The van der Waals surface area contributed by atoms with Crippen LogP contribution in [-0.2, 0) is 10.5 Å². The number of carbonyl (C=O) groups is 1. The Balaban J connectivity index is 2.66. The summed E-state index contributed by atoms with van der Waals surface area (Å²) >= 11 is 3.98. The van der Waals surface area contributed by atoms with Crippen molar-refractivity contribution < 1.29 is 13.9 Å². The molecular formula is C11H14FNO2S. The topological polar surface area (TPSA) is 38.3 Å². The molecule has 1 aromatic rings. The number of nitrogens with one attached hydrogen (secondary N) is 1. The smallest absolute Gasteiger partial charge is 0.251 e. The first-order valence-corrected chi connectivity index (χ1v) is 5.48. The molecule has 1 aromatic carbocycles. The van der Waals surface area contributed by atoms with Crippen LogP contribution in [0.5, 0.6) is 0 Å². The number of hydrogen-bond donors (Lipinski definition) is 2. The highest BCUT2D eigenvalue weighted by molar-refractivity contribution is 7.79. The minimum Gasteiger partial charge on any atom is -0.383 e. The van der Waals surface area contributed by atoms with E-state index in [1.807, 2.05) is 0 Å². The Morgan fingerprint density at radius 2 is 2.31 bits per heavy atom. The number of thiol groups is 1. The van der Waals surface area contributed by atoms with Crippen LogP contribution in [0.4, 0.5) is 4.39 Å². The normalized spacial score (nSPS) is 10.2. The molecule has 0 spiro atoms. The van der Waals surface area contributed by atoms with Gasteiger partial charge in [0.15, 0.2) is 0 Å². The Labute approximate surface area is 99.4 Å². The molecule has 88 valence electrons. The zero-order valence-corrected chi connectivity index (χ0v) is 9.89. The number of benzene rings is 1. The molecule has 0 aromatic heterocycles. The summed E-state index contributed by atoms with van der Waals surface area (Å²) in [5.41, 5.74) is 0.788. The van der Waals surface area contributed by atoms with Crippen molar-refractivity contribution >= 4 is 18.5 Å². The molecule has 16 heavy (non-hydrogen) atoms. The highest BCUT2D eigenvalue weighted by atomic mass is 32.1. The summed E-state index contributed by atoms with van der Waals surface area (Å²) in [5.74, 6) is -0.395. The maximum absolute atomic E-state index is 13.3. The fraction of sp³-hybridized carbons (Fsp3) is 0.364. The van der Waals surface area contributed by atoms with E-state index in [-0.39, 0.29) is 5.91 Å². The van der Waals surface area contributed by atoms with Crippen LogP contribution in [0.25, 0.3) is 0 Å². The lowest BCUT2D eigenvalue weighted by Crippen LogP contribution is -2.27. The van der Waals surface area contributed by atoms with Gasteiger partial charge in [0.1, 0.15) is 5.82 Å². The Kier molecular flexibility index (Phi) is 5.28. The number of methoxy groups -OCH3 is 1. The predicted octanol–water partition coefficient (Wildman–Crippen LogP) is 1.63. The number of rotatable bonds is 5. The standard InChI is InChI=1S/C11H14FNO2S/c1-15-5-4-13-11(14)8-2-3-9(7-16)10(12)6-8/h2-3,6,16H,4-5,7H2,1H3,(H,13,14). The zero-order valence-electron chi connectivity index (χ0n) is 9.00. The van der Waals surface area contributed by atoms with Gasteiger partial charge in [0.2, 0.25) is 0 Å². The van der Waals surface area contributed by atoms with Crippen LogP contribution >= 0.6 is 12.6 Å². The molecule has 0 unspecified atom stereocenters. The number of halogens is 1. The monoisotopic (exact) mass is 243 g/mol. The van der Waals surface area contributed by atoms with E-state index >= 15 is 0 Å². The fourth-order valence-electron chi connectivity index (χ4n) is 1.19. The Morgan fingerprint density at radius 3 is 2.88 bits per heavy atom. The van der Waals surface area contributed by atoms with Crippen molar-refractivity contribution in [2.24, 2.45) is 0 Å². The van der Waals surface area contributed by atoms with Crippen LogP contribution in [0.2, 0.25) is 0 Å². The summed E-state index contributed by atoms with van der Waals surface area (Å²) < 4.78 is 18.1. The minimum absolute atomic E-state index is 0.304. The van der Waals surface area contributed by atoms with Crippen molar-refractivity contribution in [3.8, 4) is 0 Å². The van der Waals surface area contributed by atoms with Gasteiger partial charge in [-0.2, -0.15) is 12.6 Å². The largest absolute Gasteiger partial charge is 0.383 e. The van der Waals surface area contributed by atoms with Crippen LogP contribution in [0, 0.1) is 5.82 Å². The van der Waals surface area contributed by atoms with Crippen molar-refractivity contribution in [1.29, 1.82) is 0 Å². The summed E-state index contributed by atoms with van der Waals surface area (Å²) in [7, 11) is 1.55. The maximum atomic E-state index is 13.3. The van der Waals surface area contributed by atoms with Gasteiger partial charge in [-0.05, 0) is 17.7 Å². The van der Waals surface area contributed by atoms with Crippen LogP contribution in [0.15, 0.2) is 18.2 Å². The molecule has 0 saturated heterocycles. The SMILES string of the molecule is COCCNC(=O)c1ccc(CS)c(F)c1. The highest BCUT2D eigenvalue weighted by Gasteiger charge is 2.08. The molecule has 3 nitrogen and oxygen atoms in total. The van der Waals surface area contributed by atoms with Crippen molar-refractivity contribution in [2.75, 3.05) is 20.3 Å². The van der Waals surface area contributed by atoms with Crippen molar-refractivity contribution in [2.45, 2.75) is 5.75 Å². The van der Waals surface area contributed by atoms with Gasteiger partial charge in [-0.3, -0.25) is 4.79 Å². The molecule has 0 aliphatic heterocycles. The third-order valence-corrected chi connectivity index (χ3v) is 2.42. The van der Waals surface area contributed by atoms with Crippen LogP contribution in [-0.4, -0.2) is 26.2 Å². The van der Waals surface area contributed by atoms with Gasteiger partial charge >= 0.3 is 0 Å². The fourth-order valence-corrected chi connectivity index (χ4v) is 1.44. The minimum atomic E-state index is -0.408. The van der Waals surface area contributed by atoms with Crippen LogP contribution in [0.1, 0.15) is 15.9 Å². The lowest BCUT2D eigenvalue weighted by Gasteiger charge is -2.06. The summed E-state index contributed by atoms with van der Waals surface area (Å²) in [6.07, 6.45) is 0. The molecular weight excluding hydrogens is 229 g/mol. The first-order valence-electron chi connectivity index (χ1n) is 4.85. The molecule has 0 saturated carbocycles. The molecule has 0 radical (unpaired) electrons. The number of carbonyl (C=O) groups excluding carboxylic acids is 1.